The van der Waals surface area contributed by atoms with E-state index in [-0.39, 0.29) is 13.0 Å². The Kier molecular flexibility index (Phi) is 51.7. The second-order valence-corrected chi connectivity index (χ2v) is 19.3. The molecule has 0 rings (SSSR count). The lowest BCUT2D eigenvalue weighted by molar-refractivity contribution is -0.154. The van der Waals surface area contributed by atoms with Crippen LogP contribution in [0.4, 0.5) is 0 Å². The molecular weight excluding hydrogens is 872 g/mol. The van der Waals surface area contributed by atoms with E-state index >= 15 is 0 Å². The molecule has 0 aromatic heterocycles. The molecule has 0 aliphatic heterocycles. The molecule has 0 spiro atoms. The van der Waals surface area contributed by atoms with Crippen LogP contribution in [0.5, 0.6) is 0 Å². The first-order chi connectivity index (χ1) is 33.3. The zero-order valence-corrected chi connectivity index (χ0v) is 44.2. The lowest BCUT2D eigenvalue weighted by Gasteiger charge is -2.20. The van der Waals surface area contributed by atoms with Crippen molar-refractivity contribution in [1.82, 2.24) is 0 Å². The minimum atomic E-state index is -4.55. The van der Waals surface area contributed by atoms with E-state index in [1.807, 2.05) is 0 Å². The fourth-order valence-electron chi connectivity index (χ4n) is 7.15. The summed E-state index contributed by atoms with van der Waals surface area (Å²) in [4.78, 5) is 22.7. The van der Waals surface area contributed by atoms with E-state index < -0.39 is 45.8 Å². The van der Waals surface area contributed by atoms with Crippen LogP contribution in [0, 0.1) is 0 Å². The molecule has 0 fully saturated rings. The average molecular weight is 973 g/mol. The molecule has 9 nitrogen and oxygen atoms in total. The van der Waals surface area contributed by atoms with Crippen molar-refractivity contribution in [3.05, 3.63) is 97.2 Å². The number of allylic oxidation sites excluding steroid dienone is 16. The van der Waals surface area contributed by atoms with E-state index in [9.17, 15) is 19.4 Å². The van der Waals surface area contributed by atoms with Crippen molar-refractivity contribution in [2.45, 2.75) is 232 Å². The Morgan fingerprint density at radius 1 is 0.471 bits per heavy atom. The first-order valence-corrected chi connectivity index (χ1v) is 28.7. The normalized spacial score (nSPS) is 14.5. The summed E-state index contributed by atoms with van der Waals surface area (Å²) < 4.78 is 33.5. The van der Waals surface area contributed by atoms with Crippen LogP contribution in [0.3, 0.4) is 0 Å². The topological polar surface area (TPSA) is 132 Å². The second kappa shape index (κ2) is 53.7. The highest BCUT2D eigenvalue weighted by Crippen LogP contribution is 2.43. The molecular formula is C58H101O9P. The van der Waals surface area contributed by atoms with Crippen molar-refractivity contribution in [1.29, 1.82) is 0 Å². The molecule has 0 aromatic carbocycles. The third-order valence-corrected chi connectivity index (χ3v) is 12.2. The van der Waals surface area contributed by atoms with Gasteiger partial charge in [-0.3, -0.25) is 13.8 Å². The Morgan fingerprint density at radius 2 is 0.838 bits per heavy atom. The number of carbonyl (C=O) groups is 1. The first-order valence-electron chi connectivity index (χ1n) is 27.2. The van der Waals surface area contributed by atoms with Gasteiger partial charge in [0.2, 0.25) is 0 Å². The van der Waals surface area contributed by atoms with Crippen molar-refractivity contribution < 1.29 is 43.0 Å². The number of carbonyl (C=O) groups excluding carboxylic acids is 1. The van der Waals surface area contributed by atoms with Crippen LogP contribution in [0.2, 0.25) is 0 Å². The molecule has 3 atom stereocenters. The van der Waals surface area contributed by atoms with Gasteiger partial charge in [0.05, 0.1) is 26.4 Å². The highest BCUT2D eigenvalue weighted by Gasteiger charge is 2.26. The summed E-state index contributed by atoms with van der Waals surface area (Å²) in [5.74, 6) is -0.400. The van der Waals surface area contributed by atoms with E-state index in [2.05, 4.69) is 111 Å². The number of esters is 1. The average Bonchev–Trinajstić information content (AvgIpc) is 3.33. The van der Waals surface area contributed by atoms with Gasteiger partial charge in [0.15, 0.2) is 0 Å². The molecule has 0 amide bonds. The Bertz CT molecular complexity index is 1380. The predicted octanol–water partition coefficient (Wildman–Crippen LogP) is 16.4. The fraction of sp³-hybridized carbons (Fsp3) is 0.707. The third kappa shape index (κ3) is 52.7. The highest BCUT2D eigenvalue weighted by molar-refractivity contribution is 7.47. The molecule has 68 heavy (non-hydrogen) atoms. The molecule has 3 unspecified atom stereocenters. The Hall–Kier alpha value is -2.62. The number of ether oxygens (including phenoxy) is 2. The lowest BCUT2D eigenvalue weighted by atomic mass is 10.0. The summed E-state index contributed by atoms with van der Waals surface area (Å²) in [5.41, 5.74) is 0. The number of hydrogen-bond donors (Lipinski definition) is 3. The summed E-state index contributed by atoms with van der Waals surface area (Å²) in [7, 11) is -4.55. The second-order valence-electron chi connectivity index (χ2n) is 17.9. The smallest absolute Gasteiger partial charge is 0.457 e. The Morgan fingerprint density at radius 3 is 1.28 bits per heavy atom. The van der Waals surface area contributed by atoms with Crippen molar-refractivity contribution in [3.8, 4) is 0 Å². The molecule has 0 aliphatic rings. The quantitative estimate of drug-likeness (QED) is 0.0236. The summed E-state index contributed by atoms with van der Waals surface area (Å²) in [6.45, 7) is 3.30. The Labute approximate surface area is 417 Å². The molecule has 0 saturated carbocycles. The van der Waals surface area contributed by atoms with E-state index in [1.165, 1.54) is 116 Å². The number of hydrogen-bond acceptors (Lipinski definition) is 8. The van der Waals surface area contributed by atoms with Crippen LogP contribution < -0.4 is 0 Å². The van der Waals surface area contributed by atoms with Crippen LogP contribution in [0.15, 0.2) is 97.2 Å². The molecule has 0 aromatic rings. The van der Waals surface area contributed by atoms with E-state index in [4.69, 9.17) is 23.6 Å². The summed E-state index contributed by atoms with van der Waals surface area (Å²) in [5, 5.41) is 18.4. The summed E-state index contributed by atoms with van der Waals surface area (Å²) in [6.07, 6.45) is 69.6. The predicted molar refractivity (Wildman–Crippen MR) is 288 cm³/mol. The van der Waals surface area contributed by atoms with E-state index in [0.717, 1.165) is 83.5 Å². The van der Waals surface area contributed by atoms with E-state index in [1.54, 1.807) is 0 Å². The zero-order valence-electron chi connectivity index (χ0n) is 43.3. The number of aliphatic hydroxyl groups excluding tert-OH is 2. The van der Waals surface area contributed by atoms with Gasteiger partial charge in [0.1, 0.15) is 12.2 Å². The van der Waals surface area contributed by atoms with Crippen LogP contribution in [-0.4, -0.2) is 66.3 Å². The van der Waals surface area contributed by atoms with Crippen molar-refractivity contribution in [3.63, 3.8) is 0 Å². The number of phosphoric acid groups is 1. The molecule has 10 heteroatoms. The van der Waals surface area contributed by atoms with Gasteiger partial charge < -0.3 is 24.6 Å². The largest absolute Gasteiger partial charge is 0.472 e. The minimum Gasteiger partial charge on any atom is -0.457 e. The van der Waals surface area contributed by atoms with Gasteiger partial charge in [-0.25, -0.2) is 4.57 Å². The molecule has 0 aliphatic carbocycles. The maximum absolute atomic E-state index is 12.7. The molecule has 0 saturated heterocycles. The number of rotatable bonds is 51. The van der Waals surface area contributed by atoms with Crippen molar-refractivity contribution >= 4 is 13.8 Å². The Balaban J connectivity index is 4.16. The van der Waals surface area contributed by atoms with Crippen molar-refractivity contribution in [2.24, 2.45) is 0 Å². The van der Waals surface area contributed by atoms with Crippen LogP contribution in [0.1, 0.15) is 219 Å². The fourth-order valence-corrected chi connectivity index (χ4v) is 7.94. The maximum Gasteiger partial charge on any atom is 0.472 e. The van der Waals surface area contributed by atoms with Crippen molar-refractivity contribution in [2.75, 3.05) is 33.0 Å². The minimum absolute atomic E-state index is 0.0139. The van der Waals surface area contributed by atoms with Gasteiger partial charge in [0.25, 0.3) is 0 Å². The first kappa shape index (κ1) is 65.4. The number of aliphatic hydroxyl groups is 2. The maximum atomic E-state index is 12.7. The highest BCUT2D eigenvalue weighted by atomic mass is 31.2. The lowest BCUT2D eigenvalue weighted by Crippen LogP contribution is -2.29. The zero-order chi connectivity index (χ0) is 49.5. The van der Waals surface area contributed by atoms with Gasteiger partial charge >= 0.3 is 13.8 Å². The number of unbranched alkanes of at least 4 members (excludes halogenated alkanes) is 21. The summed E-state index contributed by atoms with van der Waals surface area (Å²) in [6, 6.07) is 0. The van der Waals surface area contributed by atoms with Crippen LogP contribution in [0.25, 0.3) is 0 Å². The standard InChI is InChI=1S/C58H101O9P/c1-3-5-7-9-11-13-15-17-19-21-23-25-27-29-31-33-35-37-39-41-43-45-47-49-51-64-54-57(55-66-68(62,63)65-53-56(60)52-59)67-58(61)50-48-46-44-42-40-38-36-34-32-30-28-26-24-22-20-18-16-14-12-10-8-6-4-2/h5,7,11,13,17,19,22-25,29,31,35,37,41,43,56-57,59-60H,3-4,6,8-10,12,14-16,18,20-21,26-28,30,32-34,36,38-40,42,44-55H2,1-2H3,(H,62,63)/b7-5-,13-11-,19-17-,24-22-,25-23-,31-29-,37-35-,43-41-. The third-order valence-electron chi connectivity index (χ3n) is 11.3. The molecule has 0 heterocycles. The van der Waals surface area contributed by atoms with E-state index in [0.29, 0.717) is 6.61 Å². The molecule has 0 bridgehead atoms. The molecule has 392 valence electrons. The van der Waals surface area contributed by atoms with Gasteiger partial charge in [-0.05, 0) is 96.3 Å². The van der Waals surface area contributed by atoms with Crippen LogP contribution in [-0.2, 0) is 27.9 Å². The monoisotopic (exact) mass is 973 g/mol. The SMILES string of the molecule is CC/C=C\C/C=C\C/C=C\C/C=C\C/C=C\C/C=C\C/C=C\CCCCOCC(COP(=O)(O)OCC(O)CO)OC(=O)CCCCCCCCCCCCC/C=C\CCCCCCCCCC. The van der Waals surface area contributed by atoms with Gasteiger partial charge in [-0.2, -0.15) is 0 Å². The van der Waals surface area contributed by atoms with Gasteiger partial charge in [-0.1, -0.05) is 214 Å². The molecule has 0 radical (unpaired) electrons. The van der Waals surface area contributed by atoms with Crippen LogP contribution >= 0.6 is 7.82 Å². The van der Waals surface area contributed by atoms with Gasteiger partial charge in [0, 0.05) is 13.0 Å². The number of phosphoric ester groups is 1. The summed E-state index contributed by atoms with van der Waals surface area (Å²) >= 11 is 0. The molecule has 3 N–H and O–H groups in total. The van der Waals surface area contributed by atoms with Gasteiger partial charge in [-0.15, -0.1) is 0 Å².